The predicted molar refractivity (Wildman–Crippen MR) is 56.1 cm³/mol. The highest BCUT2D eigenvalue weighted by Crippen LogP contribution is 2.17. The van der Waals surface area contributed by atoms with Crippen LogP contribution in [0.2, 0.25) is 0 Å². The lowest BCUT2D eigenvalue weighted by atomic mass is 10.2. The third-order valence-corrected chi connectivity index (χ3v) is 2.06. The van der Waals surface area contributed by atoms with E-state index in [2.05, 4.69) is 36.1 Å². The molecule has 1 heterocycles. The lowest BCUT2D eigenvalue weighted by Crippen LogP contribution is -2.10. The van der Waals surface area contributed by atoms with E-state index in [-0.39, 0.29) is 0 Å². The minimum absolute atomic E-state index is 0.724. The number of fused-ring (bicyclic) bond motifs is 1. The lowest BCUT2D eigenvalue weighted by molar-refractivity contribution is 0.402. The summed E-state index contributed by atoms with van der Waals surface area (Å²) in [7, 11) is 4.10. The number of benzene rings is 1. The van der Waals surface area contributed by atoms with Crippen molar-refractivity contribution in [3.8, 4) is 0 Å². The van der Waals surface area contributed by atoms with Crippen LogP contribution in [0.1, 0.15) is 11.5 Å². The number of oxazole rings is 1. The Kier molecular flexibility index (Phi) is 2.25. The van der Waals surface area contributed by atoms with E-state index in [1.165, 1.54) is 5.56 Å². The standard InChI is InChI=1S/C11H14N2O/c1-8-12-10-5-4-9(7-13(2)3)6-11(10)14-8/h4-6H,7H2,1-3H3. The molecular weight excluding hydrogens is 176 g/mol. The summed E-state index contributed by atoms with van der Waals surface area (Å²) in [5, 5.41) is 0. The van der Waals surface area contributed by atoms with E-state index in [0.29, 0.717) is 0 Å². The SMILES string of the molecule is Cc1nc2ccc(CN(C)C)cc2o1. The smallest absolute Gasteiger partial charge is 0.192 e. The highest BCUT2D eigenvalue weighted by atomic mass is 16.3. The van der Waals surface area contributed by atoms with Crippen LogP contribution in [0.25, 0.3) is 11.1 Å². The molecule has 2 rings (SSSR count). The maximum absolute atomic E-state index is 5.46. The third-order valence-electron chi connectivity index (χ3n) is 2.06. The number of aryl methyl sites for hydroxylation is 1. The zero-order valence-electron chi connectivity index (χ0n) is 8.74. The van der Waals surface area contributed by atoms with Crippen molar-refractivity contribution >= 4 is 11.1 Å². The zero-order chi connectivity index (χ0) is 10.1. The van der Waals surface area contributed by atoms with Crippen LogP contribution in [0.4, 0.5) is 0 Å². The Bertz CT molecular complexity index is 445. The molecule has 0 saturated carbocycles. The summed E-state index contributed by atoms with van der Waals surface area (Å²) in [4.78, 5) is 6.38. The predicted octanol–water partition coefficient (Wildman–Crippen LogP) is 2.20. The van der Waals surface area contributed by atoms with Gasteiger partial charge in [-0.05, 0) is 31.8 Å². The maximum Gasteiger partial charge on any atom is 0.192 e. The third kappa shape index (κ3) is 1.77. The molecule has 0 amide bonds. The number of rotatable bonds is 2. The lowest BCUT2D eigenvalue weighted by Gasteiger charge is -2.08. The molecule has 0 N–H and O–H groups in total. The molecule has 0 bridgehead atoms. The van der Waals surface area contributed by atoms with Crippen LogP contribution in [0.15, 0.2) is 22.6 Å². The Morgan fingerprint density at radius 1 is 1.36 bits per heavy atom. The molecule has 0 saturated heterocycles. The van der Waals surface area contributed by atoms with Crippen LogP contribution in [0.3, 0.4) is 0 Å². The van der Waals surface area contributed by atoms with Crippen molar-refractivity contribution in [1.29, 1.82) is 0 Å². The first-order valence-corrected chi connectivity index (χ1v) is 4.66. The molecular formula is C11H14N2O. The maximum atomic E-state index is 5.46. The fraction of sp³-hybridized carbons (Fsp3) is 0.364. The average molecular weight is 190 g/mol. The molecule has 1 aromatic heterocycles. The van der Waals surface area contributed by atoms with Gasteiger partial charge in [-0.15, -0.1) is 0 Å². The molecule has 0 spiro atoms. The van der Waals surface area contributed by atoms with E-state index in [9.17, 15) is 0 Å². The second kappa shape index (κ2) is 3.42. The van der Waals surface area contributed by atoms with Crippen molar-refractivity contribution in [2.45, 2.75) is 13.5 Å². The second-order valence-corrected chi connectivity index (χ2v) is 3.77. The molecule has 2 aromatic rings. The first kappa shape index (κ1) is 9.21. The number of nitrogens with zero attached hydrogens (tertiary/aromatic N) is 2. The van der Waals surface area contributed by atoms with Crippen molar-refractivity contribution in [3.63, 3.8) is 0 Å². The van der Waals surface area contributed by atoms with Gasteiger partial charge in [-0.3, -0.25) is 0 Å². The van der Waals surface area contributed by atoms with Crippen molar-refractivity contribution in [2.24, 2.45) is 0 Å². The first-order valence-electron chi connectivity index (χ1n) is 4.66. The highest BCUT2D eigenvalue weighted by molar-refractivity contribution is 5.73. The molecule has 0 atom stereocenters. The molecule has 14 heavy (non-hydrogen) atoms. The second-order valence-electron chi connectivity index (χ2n) is 3.77. The van der Waals surface area contributed by atoms with Crippen LogP contribution in [-0.4, -0.2) is 24.0 Å². The van der Waals surface area contributed by atoms with E-state index >= 15 is 0 Å². The number of hydrogen-bond donors (Lipinski definition) is 0. The van der Waals surface area contributed by atoms with E-state index in [1.54, 1.807) is 0 Å². The van der Waals surface area contributed by atoms with Gasteiger partial charge in [-0.2, -0.15) is 0 Å². The van der Waals surface area contributed by atoms with Crippen molar-refractivity contribution in [2.75, 3.05) is 14.1 Å². The summed E-state index contributed by atoms with van der Waals surface area (Å²) in [6.07, 6.45) is 0. The topological polar surface area (TPSA) is 29.3 Å². The summed E-state index contributed by atoms with van der Waals surface area (Å²) in [6, 6.07) is 6.14. The Morgan fingerprint density at radius 3 is 2.86 bits per heavy atom. The summed E-state index contributed by atoms with van der Waals surface area (Å²) < 4.78 is 5.46. The van der Waals surface area contributed by atoms with Crippen LogP contribution >= 0.6 is 0 Å². The fourth-order valence-electron chi connectivity index (χ4n) is 1.55. The molecule has 0 aliphatic heterocycles. The number of hydrogen-bond acceptors (Lipinski definition) is 3. The normalized spacial score (nSPS) is 11.4. The first-order chi connectivity index (χ1) is 6.65. The van der Waals surface area contributed by atoms with Gasteiger partial charge in [-0.25, -0.2) is 4.98 Å². The minimum atomic E-state index is 0.724. The van der Waals surface area contributed by atoms with Crippen LogP contribution in [-0.2, 0) is 6.54 Å². The monoisotopic (exact) mass is 190 g/mol. The minimum Gasteiger partial charge on any atom is -0.441 e. The summed E-state index contributed by atoms with van der Waals surface area (Å²) >= 11 is 0. The Balaban J connectivity index is 2.40. The molecule has 3 nitrogen and oxygen atoms in total. The van der Waals surface area contributed by atoms with Crippen LogP contribution in [0.5, 0.6) is 0 Å². The number of aromatic nitrogens is 1. The van der Waals surface area contributed by atoms with Crippen LogP contribution < -0.4 is 0 Å². The Labute approximate surface area is 83.3 Å². The van der Waals surface area contributed by atoms with Crippen molar-refractivity contribution < 1.29 is 4.42 Å². The largest absolute Gasteiger partial charge is 0.441 e. The summed E-state index contributed by atoms with van der Waals surface area (Å²) in [5.74, 6) is 0.724. The van der Waals surface area contributed by atoms with Gasteiger partial charge in [0.2, 0.25) is 0 Å². The molecule has 0 unspecified atom stereocenters. The fourth-order valence-corrected chi connectivity index (χ4v) is 1.55. The summed E-state index contributed by atoms with van der Waals surface area (Å²) in [5.41, 5.74) is 3.06. The van der Waals surface area contributed by atoms with Gasteiger partial charge in [0.1, 0.15) is 5.52 Å². The van der Waals surface area contributed by atoms with Gasteiger partial charge in [0.25, 0.3) is 0 Å². The average Bonchev–Trinajstić information content (AvgIpc) is 2.42. The van der Waals surface area contributed by atoms with E-state index in [0.717, 1.165) is 23.5 Å². The van der Waals surface area contributed by atoms with Crippen molar-refractivity contribution in [3.05, 3.63) is 29.7 Å². The quantitative estimate of drug-likeness (QED) is 0.727. The van der Waals surface area contributed by atoms with Gasteiger partial charge < -0.3 is 9.32 Å². The zero-order valence-corrected chi connectivity index (χ0v) is 8.74. The Morgan fingerprint density at radius 2 is 2.14 bits per heavy atom. The molecule has 0 radical (unpaired) electrons. The van der Waals surface area contributed by atoms with Gasteiger partial charge in [-0.1, -0.05) is 6.07 Å². The van der Waals surface area contributed by atoms with E-state index < -0.39 is 0 Å². The van der Waals surface area contributed by atoms with Gasteiger partial charge >= 0.3 is 0 Å². The van der Waals surface area contributed by atoms with Gasteiger partial charge in [0.05, 0.1) is 0 Å². The Hall–Kier alpha value is -1.35. The van der Waals surface area contributed by atoms with Gasteiger partial charge in [0, 0.05) is 13.5 Å². The van der Waals surface area contributed by atoms with E-state index in [1.807, 2.05) is 13.0 Å². The molecule has 1 aromatic carbocycles. The van der Waals surface area contributed by atoms with Gasteiger partial charge in [0.15, 0.2) is 11.5 Å². The molecule has 74 valence electrons. The highest BCUT2D eigenvalue weighted by Gasteiger charge is 2.03. The molecule has 3 heteroatoms. The molecule has 0 aliphatic carbocycles. The summed E-state index contributed by atoms with van der Waals surface area (Å²) in [6.45, 7) is 2.79. The van der Waals surface area contributed by atoms with E-state index in [4.69, 9.17) is 4.42 Å². The van der Waals surface area contributed by atoms with Crippen molar-refractivity contribution in [1.82, 2.24) is 9.88 Å². The molecule has 0 fully saturated rings. The van der Waals surface area contributed by atoms with Crippen LogP contribution in [0, 0.1) is 6.92 Å². The molecule has 0 aliphatic rings.